The second kappa shape index (κ2) is 9.00. The molecule has 0 aliphatic heterocycles. The van der Waals surface area contributed by atoms with Crippen molar-refractivity contribution in [3.05, 3.63) is 48.0 Å². The normalized spacial score (nSPS) is 17.6. The van der Waals surface area contributed by atoms with Gasteiger partial charge in [0.25, 0.3) is 0 Å². The van der Waals surface area contributed by atoms with E-state index in [1.54, 1.807) is 0 Å². The van der Waals surface area contributed by atoms with Gasteiger partial charge in [-0.15, -0.1) is 0 Å². The van der Waals surface area contributed by atoms with Crippen molar-refractivity contribution in [3.63, 3.8) is 0 Å². The molecule has 2 rings (SSSR count). The van der Waals surface area contributed by atoms with E-state index >= 15 is 0 Å². The Hall–Kier alpha value is -1.08. The molecule has 1 aliphatic rings. The summed E-state index contributed by atoms with van der Waals surface area (Å²) in [5.74, 6) is 0.765. The third kappa shape index (κ3) is 5.69. The molecule has 17 heavy (non-hydrogen) atoms. The number of hydrogen-bond donors (Lipinski definition) is 0. The minimum absolute atomic E-state index is 0.747. The van der Waals surface area contributed by atoms with Gasteiger partial charge in [0.2, 0.25) is 0 Å². The summed E-state index contributed by atoms with van der Waals surface area (Å²) in [6.07, 6.45) is 8.34. The average Bonchev–Trinajstić information content (AvgIpc) is 2.92. The predicted octanol–water partition coefficient (Wildman–Crippen LogP) is 4.59. The molecule has 1 unspecified atom stereocenters. The van der Waals surface area contributed by atoms with Crippen LogP contribution in [0.3, 0.4) is 0 Å². The highest BCUT2D eigenvalue weighted by molar-refractivity contribution is 5.13. The Morgan fingerprint density at radius 1 is 1.18 bits per heavy atom. The van der Waals surface area contributed by atoms with E-state index in [0.29, 0.717) is 0 Å². The molecular weight excluding hydrogens is 208 g/mol. The molecule has 1 nitrogen and oxygen atoms in total. The van der Waals surface area contributed by atoms with Crippen LogP contribution in [0.15, 0.2) is 42.5 Å². The Morgan fingerprint density at radius 3 is 2.59 bits per heavy atom. The molecule has 0 radical (unpaired) electrons. The predicted molar refractivity (Wildman–Crippen MR) is 73.9 cm³/mol. The molecule has 1 aromatic carbocycles. The molecule has 0 saturated carbocycles. The lowest BCUT2D eigenvalue weighted by Gasteiger charge is -2.08. The molecule has 0 fully saturated rings. The summed E-state index contributed by atoms with van der Waals surface area (Å²) >= 11 is 0. The molecular formula is C16H24O. The van der Waals surface area contributed by atoms with Crippen LogP contribution in [0.2, 0.25) is 0 Å². The smallest absolute Gasteiger partial charge is 0.0716 e. The molecule has 0 aromatic heterocycles. The highest BCUT2D eigenvalue weighted by atomic mass is 16.5. The van der Waals surface area contributed by atoms with Gasteiger partial charge in [-0.1, -0.05) is 56.3 Å². The van der Waals surface area contributed by atoms with Crippen LogP contribution < -0.4 is 0 Å². The summed E-state index contributed by atoms with van der Waals surface area (Å²) in [7, 11) is 0. The lowest BCUT2D eigenvalue weighted by atomic mass is 10.1. The fourth-order valence-corrected chi connectivity index (χ4v) is 1.93. The van der Waals surface area contributed by atoms with Crippen molar-refractivity contribution in [1.29, 1.82) is 0 Å². The van der Waals surface area contributed by atoms with Gasteiger partial charge in [0.1, 0.15) is 0 Å². The average molecular weight is 232 g/mol. The molecule has 0 saturated heterocycles. The van der Waals surface area contributed by atoms with E-state index < -0.39 is 0 Å². The van der Waals surface area contributed by atoms with E-state index in [1.807, 2.05) is 19.9 Å². The molecule has 1 aromatic rings. The lowest BCUT2D eigenvalue weighted by molar-refractivity contribution is 0.111. The van der Waals surface area contributed by atoms with Crippen molar-refractivity contribution in [2.45, 2.75) is 39.7 Å². The second-order valence-corrected chi connectivity index (χ2v) is 4.09. The first-order chi connectivity index (χ1) is 8.45. The number of hydrogen-bond acceptors (Lipinski definition) is 1. The van der Waals surface area contributed by atoms with Crippen LogP contribution in [0, 0.1) is 5.92 Å². The zero-order valence-corrected chi connectivity index (χ0v) is 11.1. The molecule has 0 heterocycles. The van der Waals surface area contributed by atoms with Crippen LogP contribution in [-0.4, -0.2) is 6.61 Å². The van der Waals surface area contributed by atoms with Crippen molar-refractivity contribution < 1.29 is 4.74 Å². The molecule has 94 valence electrons. The summed E-state index contributed by atoms with van der Waals surface area (Å²) in [4.78, 5) is 0. The van der Waals surface area contributed by atoms with Crippen molar-refractivity contribution in [1.82, 2.24) is 0 Å². The van der Waals surface area contributed by atoms with Gasteiger partial charge in [-0.2, -0.15) is 0 Å². The van der Waals surface area contributed by atoms with Crippen LogP contribution in [0.5, 0.6) is 0 Å². The zero-order chi connectivity index (χ0) is 12.3. The molecule has 1 heteroatoms. The highest BCUT2D eigenvalue weighted by Gasteiger charge is 2.08. The van der Waals surface area contributed by atoms with Gasteiger partial charge in [0.05, 0.1) is 6.61 Å². The van der Waals surface area contributed by atoms with Gasteiger partial charge < -0.3 is 4.74 Å². The largest absolute Gasteiger partial charge is 0.377 e. The van der Waals surface area contributed by atoms with Gasteiger partial charge in [-0.3, -0.25) is 0 Å². The van der Waals surface area contributed by atoms with Crippen LogP contribution in [0.1, 0.15) is 38.7 Å². The zero-order valence-electron chi connectivity index (χ0n) is 11.1. The fourth-order valence-electron chi connectivity index (χ4n) is 1.93. The first kappa shape index (κ1) is 14.0. The minimum atomic E-state index is 0.747. The van der Waals surface area contributed by atoms with Crippen LogP contribution in [0.4, 0.5) is 0 Å². The standard InChI is InChI=1S/C14H18O.C2H6/c1-2-8-14(9-3-1)12-15-11-10-13-6-4-5-7-13;1-2/h1-4,6,8-9,13H,5,7,10-12H2;1-2H3. The summed E-state index contributed by atoms with van der Waals surface area (Å²) in [5, 5.41) is 0. The summed E-state index contributed by atoms with van der Waals surface area (Å²) in [6, 6.07) is 10.4. The quantitative estimate of drug-likeness (QED) is 0.533. The van der Waals surface area contributed by atoms with Gasteiger partial charge in [0.15, 0.2) is 0 Å². The molecule has 1 aliphatic carbocycles. The minimum Gasteiger partial charge on any atom is -0.377 e. The van der Waals surface area contributed by atoms with Crippen LogP contribution in [0.25, 0.3) is 0 Å². The summed E-state index contributed by atoms with van der Waals surface area (Å²) in [5.41, 5.74) is 1.26. The highest BCUT2D eigenvalue weighted by Crippen LogP contribution is 2.20. The summed E-state index contributed by atoms with van der Waals surface area (Å²) < 4.78 is 5.65. The Labute approximate surface area is 106 Å². The van der Waals surface area contributed by atoms with Gasteiger partial charge in [0, 0.05) is 6.61 Å². The van der Waals surface area contributed by atoms with E-state index in [0.717, 1.165) is 19.1 Å². The Balaban J connectivity index is 0.000000686. The maximum atomic E-state index is 5.65. The van der Waals surface area contributed by atoms with Crippen molar-refractivity contribution in [2.24, 2.45) is 5.92 Å². The van der Waals surface area contributed by atoms with E-state index in [1.165, 1.54) is 24.8 Å². The molecule has 0 spiro atoms. The molecule has 0 bridgehead atoms. The summed E-state index contributed by atoms with van der Waals surface area (Å²) in [6.45, 7) is 5.63. The topological polar surface area (TPSA) is 9.23 Å². The van der Waals surface area contributed by atoms with E-state index in [9.17, 15) is 0 Å². The van der Waals surface area contributed by atoms with Crippen molar-refractivity contribution >= 4 is 0 Å². The molecule has 0 N–H and O–H groups in total. The Morgan fingerprint density at radius 2 is 1.94 bits per heavy atom. The first-order valence-electron chi connectivity index (χ1n) is 6.73. The molecule has 0 amide bonds. The van der Waals surface area contributed by atoms with E-state index in [2.05, 4.69) is 36.4 Å². The third-order valence-corrected chi connectivity index (χ3v) is 2.86. The van der Waals surface area contributed by atoms with Crippen molar-refractivity contribution in [3.8, 4) is 0 Å². The van der Waals surface area contributed by atoms with Gasteiger partial charge in [-0.25, -0.2) is 0 Å². The van der Waals surface area contributed by atoms with E-state index in [-0.39, 0.29) is 0 Å². The Kier molecular flexibility index (Phi) is 7.40. The third-order valence-electron chi connectivity index (χ3n) is 2.86. The number of benzene rings is 1. The lowest BCUT2D eigenvalue weighted by Crippen LogP contribution is -2.01. The van der Waals surface area contributed by atoms with Crippen molar-refractivity contribution in [2.75, 3.05) is 6.61 Å². The Bertz CT molecular complexity index is 303. The maximum Gasteiger partial charge on any atom is 0.0716 e. The fraction of sp³-hybridized carbons (Fsp3) is 0.500. The number of rotatable bonds is 5. The SMILES string of the molecule is C1=CC(CCOCc2ccccc2)CC1.CC. The first-order valence-corrected chi connectivity index (χ1v) is 6.73. The number of ether oxygens (including phenoxy) is 1. The van der Waals surface area contributed by atoms with Crippen LogP contribution >= 0.6 is 0 Å². The monoisotopic (exact) mass is 232 g/mol. The number of allylic oxidation sites excluding steroid dienone is 2. The van der Waals surface area contributed by atoms with Crippen LogP contribution in [-0.2, 0) is 11.3 Å². The molecule has 1 atom stereocenters. The van der Waals surface area contributed by atoms with Gasteiger partial charge in [-0.05, 0) is 30.7 Å². The van der Waals surface area contributed by atoms with E-state index in [4.69, 9.17) is 4.74 Å². The second-order valence-electron chi connectivity index (χ2n) is 4.09. The van der Waals surface area contributed by atoms with Gasteiger partial charge >= 0.3 is 0 Å². The maximum absolute atomic E-state index is 5.65.